The number of rotatable bonds is 8. The second-order valence-corrected chi connectivity index (χ2v) is 10.0. The number of carbonyl (C=O) groups excluding carboxylic acids is 1. The first-order valence-corrected chi connectivity index (χ1v) is 12.2. The second-order valence-electron chi connectivity index (χ2n) is 7.95. The summed E-state index contributed by atoms with van der Waals surface area (Å²) >= 11 is 0. The fourth-order valence-electron chi connectivity index (χ4n) is 4.20. The van der Waals surface area contributed by atoms with E-state index in [1.807, 2.05) is 18.2 Å². The number of benzene rings is 1. The maximum Gasteiger partial charge on any atom is 0.220 e. The Kier molecular flexibility index (Phi) is 7.73. The predicted molar refractivity (Wildman–Crippen MR) is 113 cm³/mol. The normalized spacial score (nSPS) is 19.5. The molecule has 6 nitrogen and oxygen atoms in total. The van der Waals surface area contributed by atoms with E-state index >= 15 is 0 Å². The van der Waals surface area contributed by atoms with E-state index in [1.165, 1.54) is 19.3 Å². The van der Waals surface area contributed by atoms with E-state index in [2.05, 4.69) is 22.3 Å². The summed E-state index contributed by atoms with van der Waals surface area (Å²) in [5, 5.41) is 2.90. The fourth-order valence-corrected chi connectivity index (χ4v) is 5.69. The Bertz CT molecular complexity index is 710. The standard InChI is InChI=1S/C21H33N3O3S/c25-21(18-19-8-3-1-4-9-19)22-12-7-17-28(26,27)24-15-13-23(14-16-24)20-10-5-2-6-11-20/h2,5-6,10-11,19H,1,3-4,7-9,12-18H2,(H,22,25). The van der Waals surface area contributed by atoms with E-state index in [0.717, 1.165) is 18.5 Å². The monoisotopic (exact) mass is 407 g/mol. The Labute approximate surface area is 169 Å². The zero-order valence-electron chi connectivity index (χ0n) is 16.7. The molecule has 1 aliphatic heterocycles. The molecule has 1 N–H and O–H groups in total. The van der Waals surface area contributed by atoms with Gasteiger partial charge in [-0.2, -0.15) is 4.31 Å². The Morgan fingerprint density at radius 2 is 1.68 bits per heavy atom. The third kappa shape index (κ3) is 6.21. The van der Waals surface area contributed by atoms with Crippen molar-refractivity contribution in [2.24, 2.45) is 5.92 Å². The minimum atomic E-state index is -3.26. The molecule has 1 saturated heterocycles. The number of para-hydroxylation sites is 1. The lowest BCUT2D eigenvalue weighted by Crippen LogP contribution is -2.49. The molecule has 1 saturated carbocycles. The summed E-state index contributed by atoms with van der Waals surface area (Å²) in [5.74, 6) is 0.682. The molecule has 1 aliphatic carbocycles. The molecule has 156 valence electrons. The van der Waals surface area contributed by atoms with Gasteiger partial charge in [0.05, 0.1) is 5.75 Å². The zero-order valence-corrected chi connectivity index (χ0v) is 17.5. The third-order valence-corrected chi connectivity index (χ3v) is 7.81. The number of piperazine rings is 1. The largest absolute Gasteiger partial charge is 0.369 e. The highest BCUT2D eigenvalue weighted by atomic mass is 32.2. The molecule has 1 aromatic carbocycles. The number of nitrogens with zero attached hydrogens (tertiary/aromatic N) is 2. The minimum Gasteiger partial charge on any atom is -0.369 e. The topological polar surface area (TPSA) is 69.7 Å². The SMILES string of the molecule is O=C(CC1CCCCC1)NCCCS(=O)(=O)N1CCN(c2ccccc2)CC1. The third-order valence-electron chi connectivity index (χ3n) is 5.85. The van der Waals surface area contributed by atoms with Crippen molar-refractivity contribution in [2.75, 3.05) is 43.4 Å². The fraction of sp³-hybridized carbons (Fsp3) is 0.667. The number of carbonyl (C=O) groups is 1. The molecule has 0 unspecified atom stereocenters. The van der Waals surface area contributed by atoms with Crippen molar-refractivity contribution in [3.8, 4) is 0 Å². The zero-order chi connectivity index (χ0) is 19.8. The van der Waals surface area contributed by atoms with Gasteiger partial charge >= 0.3 is 0 Å². The van der Waals surface area contributed by atoms with Crippen LogP contribution in [0, 0.1) is 5.92 Å². The van der Waals surface area contributed by atoms with Crippen LogP contribution in [0.2, 0.25) is 0 Å². The number of hydrogen-bond donors (Lipinski definition) is 1. The predicted octanol–water partition coefficient (Wildman–Crippen LogP) is 2.62. The number of hydrogen-bond acceptors (Lipinski definition) is 4. The highest BCUT2D eigenvalue weighted by Gasteiger charge is 2.26. The summed E-state index contributed by atoms with van der Waals surface area (Å²) in [7, 11) is -3.26. The number of amides is 1. The minimum absolute atomic E-state index is 0.0702. The van der Waals surface area contributed by atoms with Crippen LogP contribution in [0.15, 0.2) is 30.3 Å². The van der Waals surface area contributed by atoms with E-state index < -0.39 is 10.0 Å². The van der Waals surface area contributed by atoms with Crippen molar-refractivity contribution in [2.45, 2.75) is 44.9 Å². The van der Waals surface area contributed by atoms with Gasteiger partial charge in [-0.15, -0.1) is 0 Å². The molecule has 0 radical (unpaired) electrons. The van der Waals surface area contributed by atoms with Crippen molar-refractivity contribution in [1.29, 1.82) is 0 Å². The first kappa shape index (κ1) is 21.1. The van der Waals surface area contributed by atoms with Gasteiger partial charge in [0.25, 0.3) is 0 Å². The van der Waals surface area contributed by atoms with Gasteiger partial charge in [-0.05, 0) is 37.3 Å². The summed E-state index contributed by atoms with van der Waals surface area (Å²) < 4.78 is 26.8. The van der Waals surface area contributed by atoms with E-state index in [-0.39, 0.29) is 11.7 Å². The average molecular weight is 408 g/mol. The Hall–Kier alpha value is -1.60. The summed E-state index contributed by atoms with van der Waals surface area (Å²) in [5.41, 5.74) is 1.14. The Morgan fingerprint density at radius 1 is 1.00 bits per heavy atom. The molecule has 0 atom stereocenters. The van der Waals surface area contributed by atoms with Gasteiger partial charge in [-0.1, -0.05) is 37.5 Å². The first-order chi connectivity index (χ1) is 13.5. The summed E-state index contributed by atoms with van der Waals surface area (Å²) in [6.07, 6.45) is 7.11. The van der Waals surface area contributed by atoms with Gasteiger partial charge in [0.2, 0.25) is 15.9 Å². The van der Waals surface area contributed by atoms with E-state index in [4.69, 9.17) is 0 Å². The number of sulfonamides is 1. The van der Waals surface area contributed by atoms with Crippen LogP contribution in [0.5, 0.6) is 0 Å². The van der Waals surface area contributed by atoms with Crippen LogP contribution in [0.1, 0.15) is 44.9 Å². The van der Waals surface area contributed by atoms with Gasteiger partial charge in [-0.25, -0.2) is 8.42 Å². The van der Waals surface area contributed by atoms with E-state index in [1.54, 1.807) is 4.31 Å². The lowest BCUT2D eigenvalue weighted by molar-refractivity contribution is -0.122. The van der Waals surface area contributed by atoms with Gasteiger partial charge in [0, 0.05) is 44.8 Å². The maximum absolute atomic E-state index is 12.6. The molecule has 3 rings (SSSR count). The molecule has 2 aliphatic rings. The smallest absolute Gasteiger partial charge is 0.220 e. The van der Waals surface area contributed by atoms with Crippen LogP contribution in [-0.4, -0.2) is 57.1 Å². The Morgan fingerprint density at radius 3 is 2.36 bits per heavy atom. The van der Waals surface area contributed by atoms with Crippen LogP contribution in [0.25, 0.3) is 0 Å². The first-order valence-electron chi connectivity index (χ1n) is 10.6. The van der Waals surface area contributed by atoms with Crippen LogP contribution >= 0.6 is 0 Å². The van der Waals surface area contributed by atoms with Crippen molar-refractivity contribution in [1.82, 2.24) is 9.62 Å². The lowest BCUT2D eigenvalue weighted by atomic mass is 9.87. The van der Waals surface area contributed by atoms with Crippen molar-refractivity contribution < 1.29 is 13.2 Å². The highest BCUT2D eigenvalue weighted by Crippen LogP contribution is 2.26. The molecule has 0 spiro atoms. The molecular weight excluding hydrogens is 374 g/mol. The van der Waals surface area contributed by atoms with Crippen molar-refractivity contribution in [3.63, 3.8) is 0 Å². The van der Waals surface area contributed by atoms with Gasteiger partial charge in [-0.3, -0.25) is 4.79 Å². The molecule has 2 fully saturated rings. The summed E-state index contributed by atoms with van der Waals surface area (Å²) in [4.78, 5) is 14.3. The lowest BCUT2D eigenvalue weighted by Gasteiger charge is -2.35. The van der Waals surface area contributed by atoms with Crippen LogP contribution in [0.4, 0.5) is 5.69 Å². The van der Waals surface area contributed by atoms with Gasteiger partial charge in [0.15, 0.2) is 0 Å². The highest BCUT2D eigenvalue weighted by molar-refractivity contribution is 7.89. The van der Waals surface area contributed by atoms with Gasteiger partial charge in [0.1, 0.15) is 0 Å². The van der Waals surface area contributed by atoms with E-state index in [9.17, 15) is 13.2 Å². The van der Waals surface area contributed by atoms with Gasteiger partial charge < -0.3 is 10.2 Å². The van der Waals surface area contributed by atoms with Crippen LogP contribution < -0.4 is 10.2 Å². The molecular formula is C21H33N3O3S. The molecule has 1 amide bonds. The quantitative estimate of drug-likeness (QED) is 0.673. The average Bonchev–Trinajstić information content (AvgIpc) is 2.73. The maximum atomic E-state index is 12.6. The van der Waals surface area contributed by atoms with Crippen LogP contribution in [-0.2, 0) is 14.8 Å². The molecule has 0 bridgehead atoms. The van der Waals surface area contributed by atoms with Crippen molar-refractivity contribution in [3.05, 3.63) is 30.3 Å². The van der Waals surface area contributed by atoms with Crippen LogP contribution in [0.3, 0.4) is 0 Å². The molecule has 0 aromatic heterocycles. The molecule has 1 heterocycles. The van der Waals surface area contributed by atoms with E-state index in [0.29, 0.717) is 51.5 Å². The molecule has 7 heteroatoms. The number of nitrogens with one attached hydrogen (secondary N) is 1. The summed E-state index contributed by atoms with van der Waals surface area (Å²) in [6.45, 7) is 2.90. The summed E-state index contributed by atoms with van der Waals surface area (Å²) in [6, 6.07) is 10.1. The van der Waals surface area contributed by atoms with Crippen molar-refractivity contribution >= 4 is 21.6 Å². The Balaban J connectivity index is 1.34. The molecule has 28 heavy (non-hydrogen) atoms. The molecule has 1 aromatic rings. The second kappa shape index (κ2) is 10.3. The number of anilines is 1.